The molecule has 7 nitrogen and oxygen atoms in total. The summed E-state index contributed by atoms with van der Waals surface area (Å²) in [5.41, 5.74) is 1.99. The first-order valence-electron chi connectivity index (χ1n) is 5.78. The van der Waals surface area contributed by atoms with E-state index in [1.165, 1.54) is 6.07 Å². The molecule has 4 N–H and O–H groups in total. The quantitative estimate of drug-likeness (QED) is 0.444. The van der Waals surface area contributed by atoms with Gasteiger partial charge in [-0.1, -0.05) is 11.6 Å². The number of hydrogen-bond donors (Lipinski definition) is 3. The fourth-order valence-electron chi connectivity index (χ4n) is 1.83. The Bertz CT molecular complexity index is 531. The Morgan fingerprint density at radius 1 is 1.47 bits per heavy atom. The molecule has 19 heavy (non-hydrogen) atoms. The highest BCUT2D eigenvalue weighted by Crippen LogP contribution is 2.33. The van der Waals surface area contributed by atoms with Crippen LogP contribution in [0.3, 0.4) is 0 Å². The van der Waals surface area contributed by atoms with E-state index in [4.69, 9.17) is 17.4 Å². The first-order valence-corrected chi connectivity index (χ1v) is 6.16. The number of halogens is 1. The van der Waals surface area contributed by atoms with Crippen molar-refractivity contribution >= 4 is 28.9 Å². The first-order chi connectivity index (χ1) is 9.02. The van der Waals surface area contributed by atoms with Crippen molar-refractivity contribution in [2.75, 3.05) is 5.43 Å². The number of nitrogens with zero attached hydrogens (tertiary/aromatic N) is 1. The Morgan fingerprint density at radius 2 is 2.16 bits per heavy atom. The lowest BCUT2D eigenvalue weighted by Crippen LogP contribution is -2.39. The van der Waals surface area contributed by atoms with Gasteiger partial charge in [-0.2, -0.15) is 0 Å². The van der Waals surface area contributed by atoms with E-state index in [-0.39, 0.29) is 33.9 Å². The topological polar surface area (TPSA) is 110 Å². The van der Waals surface area contributed by atoms with Gasteiger partial charge in [-0.25, -0.2) is 0 Å². The fraction of sp³-hybridized carbons (Fsp3) is 0.364. The van der Waals surface area contributed by atoms with Gasteiger partial charge in [-0.3, -0.25) is 20.8 Å². The highest BCUT2D eigenvalue weighted by Gasteiger charge is 2.24. The van der Waals surface area contributed by atoms with E-state index in [9.17, 15) is 14.9 Å². The van der Waals surface area contributed by atoms with Crippen LogP contribution >= 0.6 is 11.6 Å². The zero-order valence-corrected chi connectivity index (χ0v) is 10.7. The molecule has 1 aromatic carbocycles. The average Bonchev–Trinajstić information content (AvgIpc) is 2.32. The summed E-state index contributed by atoms with van der Waals surface area (Å²) in [6, 6.07) is 2.67. The number of carbonyl (C=O) groups excluding carboxylic acids is 1. The predicted molar refractivity (Wildman–Crippen MR) is 71.0 cm³/mol. The lowest BCUT2D eigenvalue weighted by atomic mass is 9.93. The van der Waals surface area contributed by atoms with Crippen molar-refractivity contribution in [2.45, 2.75) is 25.3 Å². The summed E-state index contributed by atoms with van der Waals surface area (Å²) in [5, 5.41) is 13.7. The number of nitrogens with one attached hydrogen (secondary N) is 2. The van der Waals surface area contributed by atoms with E-state index in [1.54, 1.807) is 0 Å². The molecular formula is C11H13ClN4O3. The number of nitrogens with two attached hydrogens (primary N) is 1. The number of amides is 1. The van der Waals surface area contributed by atoms with Crippen LogP contribution in [0.25, 0.3) is 0 Å². The van der Waals surface area contributed by atoms with Gasteiger partial charge in [0.25, 0.3) is 11.6 Å². The Kier molecular flexibility index (Phi) is 3.87. The summed E-state index contributed by atoms with van der Waals surface area (Å²) in [7, 11) is 0. The molecule has 0 heterocycles. The van der Waals surface area contributed by atoms with Gasteiger partial charge in [-0.15, -0.1) is 0 Å². The second kappa shape index (κ2) is 5.41. The standard InChI is InChI=1S/C11H13ClN4O3/c12-8-4-6(11(17)14-7-2-1-3-7)5-9(16(18)19)10(8)15-13/h4-5,7,15H,1-3,13H2,(H,14,17). The first kappa shape index (κ1) is 13.6. The highest BCUT2D eigenvalue weighted by molar-refractivity contribution is 6.34. The zero-order chi connectivity index (χ0) is 14.0. The molecule has 0 aromatic heterocycles. The lowest BCUT2D eigenvalue weighted by molar-refractivity contribution is -0.384. The predicted octanol–water partition coefficient (Wildman–Crippen LogP) is 1.82. The molecule has 0 bridgehead atoms. The highest BCUT2D eigenvalue weighted by atomic mass is 35.5. The smallest absolute Gasteiger partial charge is 0.295 e. The third kappa shape index (κ3) is 2.77. The third-order valence-electron chi connectivity index (χ3n) is 3.11. The van der Waals surface area contributed by atoms with Gasteiger partial charge in [0.15, 0.2) is 0 Å². The molecule has 1 fully saturated rings. The van der Waals surface area contributed by atoms with Crippen LogP contribution in [-0.2, 0) is 0 Å². The number of hydrazine groups is 1. The van der Waals surface area contributed by atoms with Gasteiger partial charge >= 0.3 is 0 Å². The fourth-order valence-corrected chi connectivity index (χ4v) is 2.10. The number of carbonyl (C=O) groups is 1. The van der Waals surface area contributed by atoms with Gasteiger partial charge in [-0.05, 0) is 25.3 Å². The van der Waals surface area contributed by atoms with E-state index in [0.717, 1.165) is 25.3 Å². The Labute approximate surface area is 114 Å². The van der Waals surface area contributed by atoms with Gasteiger partial charge in [0.1, 0.15) is 5.69 Å². The molecule has 2 rings (SSSR count). The second-order valence-electron chi connectivity index (χ2n) is 4.35. The number of rotatable bonds is 4. The number of nitro groups is 1. The monoisotopic (exact) mass is 284 g/mol. The summed E-state index contributed by atoms with van der Waals surface area (Å²) in [5.74, 6) is 4.82. The van der Waals surface area contributed by atoms with Crippen molar-refractivity contribution < 1.29 is 9.72 Å². The van der Waals surface area contributed by atoms with Crippen molar-refractivity contribution in [3.05, 3.63) is 32.8 Å². The van der Waals surface area contributed by atoms with Gasteiger partial charge in [0.05, 0.1) is 9.95 Å². The normalized spacial score (nSPS) is 14.6. The summed E-state index contributed by atoms with van der Waals surface area (Å²) in [4.78, 5) is 22.2. The maximum atomic E-state index is 11.9. The van der Waals surface area contributed by atoms with Gasteiger partial charge in [0.2, 0.25) is 0 Å². The molecule has 1 amide bonds. The van der Waals surface area contributed by atoms with Crippen LogP contribution in [0.4, 0.5) is 11.4 Å². The molecule has 0 unspecified atom stereocenters. The number of nitrogen functional groups attached to an aromatic ring is 1. The van der Waals surface area contributed by atoms with Crippen molar-refractivity contribution in [2.24, 2.45) is 5.84 Å². The van der Waals surface area contributed by atoms with E-state index in [0.29, 0.717) is 0 Å². The molecule has 0 radical (unpaired) electrons. The molecular weight excluding hydrogens is 272 g/mol. The molecule has 0 atom stereocenters. The van der Waals surface area contributed by atoms with Crippen LogP contribution in [0.2, 0.25) is 5.02 Å². The maximum Gasteiger partial charge on any atom is 0.295 e. The molecule has 1 aromatic rings. The third-order valence-corrected chi connectivity index (χ3v) is 3.41. The number of anilines is 1. The van der Waals surface area contributed by atoms with Crippen LogP contribution in [0.15, 0.2) is 12.1 Å². The van der Waals surface area contributed by atoms with Crippen LogP contribution in [0.1, 0.15) is 29.6 Å². The SMILES string of the molecule is NNc1c(Cl)cc(C(=O)NC2CCC2)cc1[N+](=O)[O-]. The second-order valence-corrected chi connectivity index (χ2v) is 4.76. The molecule has 0 saturated heterocycles. The number of hydrogen-bond acceptors (Lipinski definition) is 5. The minimum atomic E-state index is -0.638. The minimum Gasteiger partial charge on any atom is -0.349 e. The van der Waals surface area contributed by atoms with Crippen LogP contribution in [0, 0.1) is 10.1 Å². The Morgan fingerprint density at radius 3 is 2.63 bits per heavy atom. The van der Waals surface area contributed by atoms with E-state index in [1.807, 2.05) is 0 Å². The molecule has 102 valence electrons. The Balaban J connectivity index is 2.30. The average molecular weight is 285 g/mol. The molecule has 0 spiro atoms. The van der Waals surface area contributed by atoms with Crippen molar-refractivity contribution in [1.29, 1.82) is 0 Å². The van der Waals surface area contributed by atoms with Crippen LogP contribution < -0.4 is 16.6 Å². The molecule has 1 aliphatic carbocycles. The Hall–Kier alpha value is -1.86. The van der Waals surface area contributed by atoms with E-state index >= 15 is 0 Å². The summed E-state index contributed by atoms with van der Waals surface area (Å²) >= 11 is 5.88. The molecule has 1 aliphatic rings. The molecule has 0 aliphatic heterocycles. The van der Waals surface area contributed by atoms with Crippen LogP contribution in [0.5, 0.6) is 0 Å². The minimum absolute atomic E-state index is 0.00754. The summed E-state index contributed by atoms with van der Waals surface area (Å²) in [6.45, 7) is 0. The van der Waals surface area contributed by atoms with Gasteiger partial charge < -0.3 is 10.7 Å². The zero-order valence-electron chi connectivity index (χ0n) is 9.98. The van der Waals surface area contributed by atoms with E-state index in [2.05, 4.69) is 10.7 Å². The summed E-state index contributed by atoms with van der Waals surface area (Å²) in [6.07, 6.45) is 2.95. The molecule has 1 saturated carbocycles. The maximum absolute atomic E-state index is 11.9. The summed E-state index contributed by atoms with van der Waals surface area (Å²) < 4.78 is 0. The van der Waals surface area contributed by atoms with Crippen molar-refractivity contribution in [3.8, 4) is 0 Å². The lowest BCUT2D eigenvalue weighted by Gasteiger charge is -2.26. The van der Waals surface area contributed by atoms with Crippen LogP contribution in [-0.4, -0.2) is 16.9 Å². The number of benzene rings is 1. The van der Waals surface area contributed by atoms with Crippen molar-refractivity contribution in [3.63, 3.8) is 0 Å². The number of nitro benzene ring substituents is 1. The van der Waals surface area contributed by atoms with Crippen molar-refractivity contribution in [1.82, 2.24) is 5.32 Å². The van der Waals surface area contributed by atoms with Gasteiger partial charge in [0, 0.05) is 17.7 Å². The molecule has 8 heteroatoms. The largest absolute Gasteiger partial charge is 0.349 e. The van der Waals surface area contributed by atoms with E-state index < -0.39 is 4.92 Å².